The molecule has 6 nitrogen and oxygen atoms in total. The minimum absolute atomic E-state index is 0.0824. The van der Waals surface area contributed by atoms with E-state index >= 15 is 0 Å². The molecule has 7 heteroatoms. The number of nitrogens with one attached hydrogen (secondary N) is 1. The highest BCUT2D eigenvalue weighted by molar-refractivity contribution is 7.16. The number of methoxy groups -OCH3 is 1. The van der Waals surface area contributed by atoms with Crippen LogP contribution in [0.15, 0.2) is 15.0 Å². The monoisotopic (exact) mass is 322 g/mol. The molecule has 0 aliphatic heterocycles. The molecule has 1 aliphatic carbocycles. The third-order valence-electron chi connectivity index (χ3n) is 4.54. The van der Waals surface area contributed by atoms with Crippen LogP contribution < -0.4 is 11.2 Å². The molecule has 0 spiro atoms. The Labute approximate surface area is 130 Å². The number of aromatic nitrogens is 2. The Kier molecular flexibility index (Phi) is 3.68. The van der Waals surface area contributed by atoms with E-state index in [2.05, 4.69) is 4.98 Å². The fraction of sp³-hybridized carbons (Fsp3) is 0.533. The van der Waals surface area contributed by atoms with E-state index < -0.39 is 11.1 Å². The van der Waals surface area contributed by atoms with Gasteiger partial charge in [0.25, 0.3) is 5.56 Å². The molecule has 0 atom stereocenters. The second kappa shape index (κ2) is 5.39. The predicted octanol–water partition coefficient (Wildman–Crippen LogP) is 1.79. The van der Waals surface area contributed by atoms with Gasteiger partial charge in [-0.1, -0.05) is 12.8 Å². The molecule has 3 rings (SSSR count). The first-order valence-electron chi connectivity index (χ1n) is 7.28. The van der Waals surface area contributed by atoms with Gasteiger partial charge in [0.05, 0.1) is 17.9 Å². The third kappa shape index (κ3) is 2.20. The summed E-state index contributed by atoms with van der Waals surface area (Å²) in [5.74, 6) is -0.335. The van der Waals surface area contributed by atoms with Crippen molar-refractivity contribution in [3.63, 3.8) is 0 Å². The van der Waals surface area contributed by atoms with Crippen molar-refractivity contribution in [2.75, 3.05) is 7.11 Å². The average molecular weight is 322 g/mol. The van der Waals surface area contributed by atoms with E-state index in [0.717, 1.165) is 23.0 Å². The number of rotatable bonds is 3. The van der Waals surface area contributed by atoms with Crippen LogP contribution in [0, 0.1) is 12.3 Å². The smallest absolute Gasteiger partial charge is 0.329 e. The van der Waals surface area contributed by atoms with Crippen LogP contribution in [-0.4, -0.2) is 22.6 Å². The number of thiophene rings is 1. The summed E-state index contributed by atoms with van der Waals surface area (Å²) in [6.45, 7) is 1.92. The number of hydrogen-bond donors (Lipinski definition) is 1. The highest BCUT2D eigenvalue weighted by atomic mass is 32.1. The molecule has 0 saturated heterocycles. The number of ether oxygens (including phenoxy) is 1. The minimum atomic E-state index is -0.761. The zero-order valence-corrected chi connectivity index (χ0v) is 13.4. The minimum Gasteiger partial charge on any atom is -0.469 e. The molecule has 2 aromatic rings. The number of H-pyrrole nitrogens is 1. The molecule has 118 valence electrons. The van der Waals surface area contributed by atoms with E-state index in [1.165, 1.54) is 18.4 Å². The fourth-order valence-corrected chi connectivity index (χ4v) is 4.26. The quantitative estimate of drug-likeness (QED) is 0.874. The lowest BCUT2D eigenvalue weighted by Crippen LogP contribution is -2.43. The summed E-state index contributed by atoms with van der Waals surface area (Å²) in [6, 6.07) is 0. The SMILES string of the molecule is COC(=O)C1(Cn2c(=O)[nH]c3scc(C)c3c2=O)CCCC1. The first-order chi connectivity index (χ1) is 10.5. The largest absolute Gasteiger partial charge is 0.469 e. The van der Waals surface area contributed by atoms with Crippen LogP contribution >= 0.6 is 11.3 Å². The lowest BCUT2D eigenvalue weighted by molar-refractivity contribution is -0.153. The molecule has 0 unspecified atom stereocenters. The first-order valence-corrected chi connectivity index (χ1v) is 8.16. The van der Waals surface area contributed by atoms with Crippen LogP contribution in [0.5, 0.6) is 0 Å². The van der Waals surface area contributed by atoms with Crippen molar-refractivity contribution in [2.24, 2.45) is 5.41 Å². The number of aryl methyl sites for hydroxylation is 1. The molecule has 0 radical (unpaired) electrons. The van der Waals surface area contributed by atoms with Crippen molar-refractivity contribution in [1.82, 2.24) is 9.55 Å². The zero-order chi connectivity index (χ0) is 15.9. The third-order valence-corrected chi connectivity index (χ3v) is 5.55. The van der Waals surface area contributed by atoms with Gasteiger partial charge in [-0.05, 0) is 30.7 Å². The molecule has 1 N–H and O–H groups in total. The van der Waals surface area contributed by atoms with Crippen LogP contribution in [0.4, 0.5) is 0 Å². The summed E-state index contributed by atoms with van der Waals surface area (Å²) in [5.41, 5.74) is -0.709. The molecule has 0 bridgehead atoms. The van der Waals surface area contributed by atoms with Crippen LogP contribution in [0.3, 0.4) is 0 Å². The second-order valence-corrected chi connectivity index (χ2v) is 6.80. The van der Waals surface area contributed by atoms with Crippen molar-refractivity contribution in [2.45, 2.75) is 39.2 Å². The second-order valence-electron chi connectivity index (χ2n) is 5.92. The van der Waals surface area contributed by atoms with E-state index in [-0.39, 0.29) is 18.1 Å². The number of nitrogens with zero attached hydrogens (tertiary/aromatic N) is 1. The van der Waals surface area contributed by atoms with Gasteiger partial charge in [0.15, 0.2) is 0 Å². The Hall–Kier alpha value is -1.89. The molecule has 1 fully saturated rings. The van der Waals surface area contributed by atoms with Crippen LogP contribution in [0.25, 0.3) is 10.2 Å². The Morgan fingerprint density at radius 3 is 2.73 bits per heavy atom. The molecule has 2 aromatic heterocycles. The van der Waals surface area contributed by atoms with Crippen LogP contribution in [0.2, 0.25) is 0 Å². The number of aromatic amines is 1. The maximum Gasteiger partial charge on any atom is 0.329 e. The molecule has 22 heavy (non-hydrogen) atoms. The lowest BCUT2D eigenvalue weighted by atomic mass is 9.86. The van der Waals surface area contributed by atoms with Crippen molar-refractivity contribution < 1.29 is 9.53 Å². The number of esters is 1. The molecule has 2 heterocycles. The standard InChI is InChI=1S/C15H18N2O4S/c1-9-7-22-11-10(9)12(18)17(14(20)16-11)8-15(13(19)21-2)5-3-4-6-15/h7H,3-6,8H2,1-2H3,(H,16,20). The Morgan fingerprint density at radius 2 is 2.09 bits per heavy atom. The van der Waals surface area contributed by atoms with Gasteiger partial charge >= 0.3 is 11.7 Å². The number of hydrogen-bond acceptors (Lipinski definition) is 5. The van der Waals surface area contributed by atoms with E-state index in [0.29, 0.717) is 23.1 Å². The summed E-state index contributed by atoms with van der Waals surface area (Å²) in [6.07, 6.45) is 3.10. The fourth-order valence-electron chi connectivity index (χ4n) is 3.34. The van der Waals surface area contributed by atoms with Gasteiger partial charge in [0, 0.05) is 6.54 Å². The first kappa shape index (κ1) is 15.0. The summed E-state index contributed by atoms with van der Waals surface area (Å²) < 4.78 is 6.08. The maximum absolute atomic E-state index is 12.7. The highest BCUT2D eigenvalue weighted by Crippen LogP contribution is 2.40. The van der Waals surface area contributed by atoms with E-state index in [9.17, 15) is 14.4 Å². The predicted molar refractivity (Wildman–Crippen MR) is 84.4 cm³/mol. The summed E-state index contributed by atoms with van der Waals surface area (Å²) in [4.78, 5) is 40.5. The van der Waals surface area contributed by atoms with Gasteiger partial charge in [-0.25, -0.2) is 4.79 Å². The van der Waals surface area contributed by atoms with Gasteiger partial charge in [0.2, 0.25) is 0 Å². The average Bonchev–Trinajstić information content (AvgIpc) is 3.11. The van der Waals surface area contributed by atoms with Gasteiger partial charge in [0.1, 0.15) is 4.83 Å². The maximum atomic E-state index is 12.7. The molecular weight excluding hydrogens is 304 g/mol. The lowest BCUT2D eigenvalue weighted by Gasteiger charge is -2.26. The van der Waals surface area contributed by atoms with E-state index in [1.54, 1.807) is 0 Å². The normalized spacial score (nSPS) is 17.0. The number of carbonyl (C=O) groups excluding carboxylic acids is 1. The summed E-state index contributed by atoms with van der Waals surface area (Å²) in [5, 5.41) is 2.38. The van der Waals surface area contributed by atoms with Crippen LogP contribution in [-0.2, 0) is 16.1 Å². The van der Waals surface area contributed by atoms with Crippen molar-refractivity contribution in [3.05, 3.63) is 31.8 Å². The number of fused-ring (bicyclic) bond motifs is 1. The van der Waals surface area contributed by atoms with Crippen molar-refractivity contribution in [3.8, 4) is 0 Å². The van der Waals surface area contributed by atoms with E-state index in [4.69, 9.17) is 4.74 Å². The van der Waals surface area contributed by atoms with Gasteiger partial charge in [-0.15, -0.1) is 11.3 Å². The van der Waals surface area contributed by atoms with Gasteiger partial charge < -0.3 is 4.74 Å². The van der Waals surface area contributed by atoms with Crippen molar-refractivity contribution in [1.29, 1.82) is 0 Å². The zero-order valence-electron chi connectivity index (χ0n) is 12.6. The van der Waals surface area contributed by atoms with Crippen LogP contribution in [0.1, 0.15) is 31.2 Å². The molecular formula is C15H18N2O4S. The molecule has 1 aliphatic rings. The summed E-state index contributed by atoms with van der Waals surface area (Å²) >= 11 is 1.34. The Bertz CT molecular complexity index is 839. The molecule has 0 amide bonds. The number of carbonyl (C=O) groups is 1. The molecule has 1 saturated carbocycles. The Balaban J connectivity index is 2.14. The van der Waals surface area contributed by atoms with E-state index in [1.807, 2.05) is 12.3 Å². The topological polar surface area (TPSA) is 81.2 Å². The van der Waals surface area contributed by atoms with Gasteiger partial charge in [-0.2, -0.15) is 0 Å². The Morgan fingerprint density at radius 1 is 1.41 bits per heavy atom. The highest BCUT2D eigenvalue weighted by Gasteiger charge is 2.43. The van der Waals surface area contributed by atoms with Crippen molar-refractivity contribution >= 4 is 27.5 Å². The summed E-state index contributed by atoms with van der Waals surface area (Å²) in [7, 11) is 1.35. The van der Waals surface area contributed by atoms with Gasteiger partial charge in [-0.3, -0.25) is 19.1 Å². The molecule has 0 aromatic carbocycles.